The number of para-hydroxylation sites is 1. The van der Waals surface area contributed by atoms with E-state index in [9.17, 15) is 0 Å². The molecule has 4 heteroatoms. The first kappa shape index (κ1) is 11.0. The van der Waals surface area contributed by atoms with Crippen LogP contribution in [0.25, 0.3) is 10.9 Å². The van der Waals surface area contributed by atoms with Crippen molar-refractivity contribution in [2.24, 2.45) is 0 Å². The summed E-state index contributed by atoms with van der Waals surface area (Å²) in [6, 6.07) is 15.1. The van der Waals surface area contributed by atoms with Crippen molar-refractivity contribution in [3.63, 3.8) is 0 Å². The monoisotopic (exact) mass is 256 g/mol. The summed E-state index contributed by atoms with van der Waals surface area (Å²) in [5.41, 5.74) is 0.801. The van der Waals surface area contributed by atoms with Crippen LogP contribution in [0.15, 0.2) is 54.9 Å². The quantitative estimate of drug-likeness (QED) is 0.648. The Morgan fingerprint density at radius 3 is 2.56 bits per heavy atom. The van der Waals surface area contributed by atoms with Crippen LogP contribution < -0.4 is 4.74 Å². The van der Waals surface area contributed by atoms with Crippen LogP contribution in [0.1, 0.15) is 0 Å². The lowest BCUT2D eigenvalue weighted by atomic mass is 10.2. The van der Waals surface area contributed by atoms with E-state index in [1.54, 1.807) is 0 Å². The number of rotatable bonds is 2. The minimum Gasteiger partial charge on any atom is -0.457 e. The van der Waals surface area contributed by atoms with E-state index in [2.05, 4.69) is 9.97 Å². The zero-order valence-electron chi connectivity index (χ0n) is 9.38. The Morgan fingerprint density at radius 2 is 1.72 bits per heavy atom. The van der Waals surface area contributed by atoms with Gasteiger partial charge in [-0.3, -0.25) is 0 Å². The highest BCUT2D eigenvalue weighted by atomic mass is 35.5. The van der Waals surface area contributed by atoms with Crippen LogP contribution >= 0.6 is 11.6 Å². The van der Waals surface area contributed by atoms with Gasteiger partial charge in [0, 0.05) is 5.39 Å². The average Bonchev–Trinajstić information content (AvgIpc) is 2.41. The van der Waals surface area contributed by atoms with Gasteiger partial charge >= 0.3 is 0 Å². The second-order valence-electron chi connectivity index (χ2n) is 3.76. The van der Waals surface area contributed by atoms with E-state index in [1.165, 1.54) is 6.33 Å². The van der Waals surface area contributed by atoms with E-state index >= 15 is 0 Å². The fourth-order valence-corrected chi connectivity index (χ4v) is 1.89. The summed E-state index contributed by atoms with van der Waals surface area (Å²) in [6.45, 7) is 0. The van der Waals surface area contributed by atoms with Crippen molar-refractivity contribution in [1.82, 2.24) is 9.97 Å². The van der Waals surface area contributed by atoms with Gasteiger partial charge in [-0.25, -0.2) is 9.97 Å². The molecule has 0 saturated carbocycles. The number of fused-ring (bicyclic) bond motifs is 1. The third-order valence-electron chi connectivity index (χ3n) is 2.54. The minimum atomic E-state index is 0.429. The molecule has 0 bridgehead atoms. The van der Waals surface area contributed by atoms with Crippen molar-refractivity contribution in [3.05, 3.63) is 60.0 Å². The Morgan fingerprint density at radius 1 is 0.889 bits per heavy atom. The molecule has 0 spiro atoms. The van der Waals surface area contributed by atoms with Gasteiger partial charge in [0.25, 0.3) is 0 Å². The Labute approximate surface area is 109 Å². The predicted molar refractivity (Wildman–Crippen MR) is 71.1 cm³/mol. The van der Waals surface area contributed by atoms with Crippen molar-refractivity contribution in [2.75, 3.05) is 0 Å². The first-order chi connectivity index (χ1) is 8.83. The molecule has 0 atom stereocenters. The molecule has 0 unspecified atom stereocenters. The first-order valence-corrected chi connectivity index (χ1v) is 5.84. The number of hydrogen-bond acceptors (Lipinski definition) is 3. The number of hydrogen-bond donors (Lipinski definition) is 0. The van der Waals surface area contributed by atoms with Gasteiger partial charge in [0.15, 0.2) is 0 Å². The standard InChI is InChI=1S/C14H9ClN2O/c15-14-12-8-11(6-7-13(12)16-9-17-14)18-10-4-2-1-3-5-10/h1-9H. The van der Waals surface area contributed by atoms with Crippen LogP contribution in [-0.2, 0) is 0 Å². The van der Waals surface area contributed by atoms with Gasteiger partial charge in [0.1, 0.15) is 23.0 Å². The van der Waals surface area contributed by atoms with Gasteiger partial charge < -0.3 is 4.74 Å². The molecule has 2 aromatic carbocycles. The van der Waals surface area contributed by atoms with E-state index < -0.39 is 0 Å². The maximum Gasteiger partial charge on any atom is 0.140 e. The number of nitrogens with zero attached hydrogens (tertiary/aromatic N) is 2. The van der Waals surface area contributed by atoms with Gasteiger partial charge in [-0.15, -0.1) is 0 Å². The molecule has 3 rings (SSSR count). The second kappa shape index (κ2) is 4.63. The van der Waals surface area contributed by atoms with Gasteiger partial charge in [-0.2, -0.15) is 0 Å². The van der Waals surface area contributed by atoms with Crippen LogP contribution in [0.5, 0.6) is 11.5 Å². The summed E-state index contributed by atoms with van der Waals surface area (Å²) in [7, 11) is 0. The van der Waals surface area contributed by atoms with Crippen molar-refractivity contribution in [3.8, 4) is 11.5 Å². The molecule has 3 nitrogen and oxygen atoms in total. The minimum absolute atomic E-state index is 0.429. The molecular formula is C14H9ClN2O. The maximum atomic E-state index is 6.03. The summed E-state index contributed by atoms with van der Waals surface area (Å²) in [4.78, 5) is 8.09. The molecule has 0 aliphatic heterocycles. The summed E-state index contributed by atoms with van der Waals surface area (Å²) < 4.78 is 5.73. The molecule has 88 valence electrons. The lowest BCUT2D eigenvalue weighted by molar-refractivity contribution is 0.483. The summed E-state index contributed by atoms with van der Waals surface area (Å²) in [6.07, 6.45) is 1.45. The van der Waals surface area contributed by atoms with E-state index in [1.807, 2.05) is 48.5 Å². The van der Waals surface area contributed by atoms with Gasteiger partial charge in [-0.1, -0.05) is 29.8 Å². The van der Waals surface area contributed by atoms with Gasteiger partial charge in [0.2, 0.25) is 0 Å². The normalized spacial score (nSPS) is 10.5. The predicted octanol–water partition coefficient (Wildman–Crippen LogP) is 4.08. The Balaban J connectivity index is 2.01. The lowest BCUT2D eigenvalue weighted by Gasteiger charge is -2.06. The molecular weight excluding hydrogens is 248 g/mol. The molecule has 1 aromatic heterocycles. The summed E-state index contributed by atoms with van der Waals surface area (Å²) >= 11 is 6.03. The summed E-state index contributed by atoms with van der Waals surface area (Å²) in [5.74, 6) is 1.50. The SMILES string of the molecule is Clc1ncnc2ccc(Oc3ccccc3)cc12. The van der Waals surface area contributed by atoms with Crippen molar-refractivity contribution in [2.45, 2.75) is 0 Å². The maximum absolute atomic E-state index is 6.03. The Kier molecular flexibility index (Phi) is 2.82. The number of benzene rings is 2. The molecule has 0 radical (unpaired) electrons. The molecule has 0 amide bonds. The Hall–Kier alpha value is -2.13. The number of ether oxygens (including phenoxy) is 1. The molecule has 0 saturated heterocycles. The first-order valence-electron chi connectivity index (χ1n) is 5.46. The average molecular weight is 257 g/mol. The largest absolute Gasteiger partial charge is 0.457 e. The van der Waals surface area contributed by atoms with Crippen molar-refractivity contribution >= 4 is 22.5 Å². The fraction of sp³-hybridized carbons (Fsp3) is 0. The molecule has 18 heavy (non-hydrogen) atoms. The third-order valence-corrected chi connectivity index (χ3v) is 2.84. The molecule has 1 heterocycles. The van der Waals surface area contributed by atoms with Crippen molar-refractivity contribution < 1.29 is 4.74 Å². The van der Waals surface area contributed by atoms with E-state index in [0.717, 1.165) is 16.7 Å². The number of halogens is 1. The third kappa shape index (κ3) is 2.13. The lowest BCUT2D eigenvalue weighted by Crippen LogP contribution is -1.87. The molecule has 0 aliphatic carbocycles. The summed E-state index contributed by atoms with van der Waals surface area (Å²) in [5, 5.41) is 1.21. The van der Waals surface area contributed by atoms with Crippen LogP contribution in [-0.4, -0.2) is 9.97 Å². The molecule has 0 aliphatic rings. The second-order valence-corrected chi connectivity index (χ2v) is 4.12. The zero-order valence-corrected chi connectivity index (χ0v) is 10.1. The zero-order chi connectivity index (χ0) is 12.4. The smallest absolute Gasteiger partial charge is 0.140 e. The molecule has 3 aromatic rings. The van der Waals surface area contributed by atoms with E-state index in [-0.39, 0.29) is 0 Å². The van der Waals surface area contributed by atoms with Crippen molar-refractivity contribution in [1.29, 1.82) is 0 Å². The number of aromatic nitrogens is 2. The van der Waals surface area contributed by atoms with Crippen LogP contribution in [0, 0.1) is 0 Å². The fourth-order valence-electron chi connectivity index (χ4n) is 1.69. The molecule has 0 fully saturated rings. The topological polar surface area (TPSA) is 35.0 Å². The van der Waals surface area contributed by atoms with Crippen LogP contribution in [0.3, 0.4) is 0 Å². The van der Waals surface area contributed by atoms with Gasteiger partial charge in [0.05, 0.1) is 5.52 Å². The van der Waals surface area contributed by atoms with E-state index in [0.29, 0.717) is 10.9 Å². The van der Waals surface area contributed by atoms with Crippen LogP contribution in [0.4, 0.5) is 0 Å². The highest BCUT2D eigenvalue weighted by molar-refractivity contribution is 6.34. The Bertz CT molecular complexity index is 686. The molecule has 0 N–H and O–H groups in total. The van der Waals surface area contributed by atoms with Gasteiger partial charge in [-0.05, 0) is 30.3 Å². The highest BCUT2D eigenvalue weighted by Gasteiger charge is 2.03. The highest BCUT2D eigenvalue weighted by Crippen LogP contribution is 2.27. The van der Waals surface area contributed by atoms with Crippen LogP contribution in [0.2, 0.25) is 5.15 Å². The van der Waals surface area contributed by atoms with E-state index in [4.69, 9.17) is 16.3 Å².